The highest BCUT2D eigenvalue weighted by molar-refractivity contribution is 5.94. The first-order chi connectivity index (χ1) is 12.6. The Balaban J connectivity index is 1.77. The van der Waals surface area contributed by atoms with Gasteiger partial charge in [-0.2, -0.15) is 0 Å². The van der Waals surface area contributed by atoms with Gasteiger partial charge in [0.05, 0.1) is 0 Å². The number of Topliss-reactive ketones (excluding diaryl/α,β-unsaturated/α-hetero) is 1. The van der Waals surface area contributed by atoms with Crippen molar-refractivity contribution in [1.29, 1.82) is 0 Å². The van der Waals surface area contributed by atoms with Crippen molar-refractivity contribution in [3.05, 3.63) is 70.8 Å². The lowest BCUT2D eigenvalue weighted by Gasteiger charge is -2.07. The van der Waals surface area contributed by atoms with Gasteiger partial charge >= 0.3 is 0 Å². The van der Waals surface area contributed by atoms with E-state index in [2.05, 4.69) is 5.32 Å². The van der Waals surface area contributed by atoms with Crippen LogP contribution in [0.4, 0.5) is 0 Å². The molecule has 3 N–H and O–H groups in total. The van der Waals surface area contributed by atoms with Crippen LogP contribution in [0.2, 0.25) is 0 Å². The van der Waals surface area contributed by atoms with E-state index in [9.17, 15) is 9.59 Å². The minimum atomic E-state index is -0.0817. The van der Waals surface area contributed by atoms with Gasteiger partial charge in [-0.3, -0.25) is 9.59 Å². The van der Waals surface area contributed by atoms with Crippen molar-refractivity contribution < 1.29 is 9.59 Å². The number of aryl methyl sites for hydroxylation is 1. The zero-order valence-electron chi connectivity index (χ0n) is 15.5. The monoisotopic (exact) mass is 352 g/mol. The van der Waals surface area contributed by atoms with E-state index >= 15 is 0 Å². The summed E-state index contributed by atoms with van der Waals surface area (Å²) in [6, 6.07) is 15.4. The van der Waals surface area contributed by atoms with Crippen molar-refractivity contribution in [3.63, 3.8) is 0 Å². The van der Waals surface area contributed by atoms with Crippen molar-refractivity contribution in [2.45, 2.75) is 45.6 Å². The molecule has 0 saturated heterocycles. The van der Waals surface area contributed by atoms with Crippen LogP contribution in [0, 0.1) is 6.92 Å². The minimum absolute atomic E-state index is 0.0817. The second-order valence-corrected chi connectivity index (χ2v) is 6.68. The Morgan fingerprint density at radius 3 is 2.19 bits per heavy atom. The molecule has 0 unspecified atom stereocenters. The molecular formula is C22H28N2O2. The van der Waals surface area contributed by atoms with E-state index in [4.69, 9.17) is 5.73 Å². The number of carbonyl (C=O) groups excluding carboxylic acids is 2. The molecule has 0 heterocycles. The van der Waals surface area contributed by atoms with Gasteiger partial charge in [-0.15, -0.1) is 0 Å². The Morgan fingerprint density at radius 2 is 1.54 bits per heavy atom. The number of ketones is 1. The number of amides is 1. The topological polar surface area (TPSA) is 72.2 Å². The van der Waals surface area contributed by atoms with Crippen LogP contribution in [0.5, 0.6) is 0 Å². The number of nitrogens with one attached hydrogen (secondary N) is 1. The van der Waals surface area contributed by atoms with Gasteiger partial charge in [-0.1, -0.05) is 48.4 Å². The normalized spacial score (nSPS) is 10.5. The maximum absolute atomic E-state index is 12.1. The second-order valence-electron chi connectivity index (χ2n) is 6.68. The Morgan fingerprint density at radius 1 is 0.885 bits per heavy atom. The third kappa shape index (κ3) is 6.81. The van der Waals surface area contributed by atoms with E-state index in [1.165, 1.54) is 0 Å². The van der Waals surface area contributed by atoms with Gasteiger partial charge in [-0.25, -0.2) is 0 Å². The molecular weight excluding hydrogens is 324 g/mol. The van der Waals surface area contributed by atoms with E-state index in [0.717, 1.165) is 36.0 Å². The summed E-state index contributed by atoms with van der Waals surface area (Å²) in [4.78, 5) is 24.1. The summed E-state index contributed by atoms with van der Waals surface area (Å²) in [5.41, 5.74) is 9.28. The Hall–Kier alpha value is -2.46. The third-order valence-corrected chi connectivity index (χ3v) is 4.35. The molecule has 138 valence electrons. The number of benzene rings is 2. The molecule has 0 aliphatic rings. The SMILES string of the molecule is Cc1ccc(C(=O)NCc2ccc(CC(=O)CCCCCN)cc2)cc1. The molecule has 0 aliphatic carbocycles. The molecule has 0 radical (unpaired) electrons. The number of nitrogens with two attached hydrogens (primary N) is 1. The van der Waals surface area contributed by atoms with Crippen molar-refractivity contribution in [3.8, 4) is 0 Å². The molecule has 2 rings (SSSR count). The lowest BCUT2D eigenvalue weighted by atomic mass is 10.0. The maximum Gasteiger partial charge on any atom is 0.251 e. The highest BCUT2D eigenvalue weighted by atomic mass is 16.1. The molecule has 4 heteroatoms. The van der Waals surface area contributed by atoms with Crippen LogP contribution in [0.25, 0.3) is 0 Å². The first-order valence-electron chi connectivity index (χ1n) is 9.23. The molecule has 2 aromatic carbocycles. The number of unbranched alkanes of at least 4 members (excludes halogenated alkanes) is 2. The smallest absolute Gasteiger partial charge is 0.251 e. The summed E-state index contributed by atoms with van der Waals surface area (Å²) in [5, 5.41) is 2.92. The van der Waals surface area contributed by atoms with E-state index in [-0.39, 0.29) is 11.7 Å². The molecule has 4 nitrogen and oxygen atoms in total. The fourth-order valence-corrected chi connectivity index (χ4v) is 2.72. The van der Waals surface area contributed by atoms with Crippen LogP contribution in [0.15, 0.2) is 48.5 Å². The van der Waals surface area contributed by atoms with Gasteiger partial charge in [0.15, 0.2) is 0 Å². The Labute approximate surface area is 155 Å². The molecule has 0 atom stereocenters. The van der Waals surface area contributed by atoms with E-state index < -0.39 is 0 Å². The fourth-order valence-electron chi connectivity index (χ4n) is 2.72. The zero-order valence-corrected chi connectivity index (χ0v) is 15.5. The first-order valence-corrected chi connectivity index (χ1v) is 9.23. The number of rotatable bonds is 10. The quantitative estimate of drug-likeness (QED) is 0.642. The maximum atomic E-state index is 12.1. The van der Waals surface area contributed by atoms with Crippen LogP contribution in [0.1, 0.15) is 52.7 Å². The summed E-state index contributed by atoms with van der Waals surface area (Å²) in [7, 11) is 0. The molecule has 0 saturated carbocycles. The van der Waals surface area contributed by atoms with Crippen molar-refractivity contribution in [1.82, 2.24) is 5.32 Å². The molecule has 0 aromatic heterocycles. The van der Waals surface area contributed by atoms with Crippen LogP contribution < -0.4 is 11.1 Å². The number of hydrogen-bond donors (Lipinski definition) is 2. The van der Waals surface area contributed by atoms with Crippen LogP contribution in [-0.2, 0) is 17.8 Å². The number of hydrogen-bond acceptors (Lipinski definition) is 3. The summed E-state index contributed by atoms with van der Waals surface area (Å²) in [5.74, 6) is 0.184. The minimum Gasteiger partial charge on any atom is -0.348 e. The van der Waals surface area contributed by atoms with Gasteiger partial charge in [0.25, 0.3) is 5.91 Å². The largest absolute Gasteiger partial charge is 0.348 e. The fraction of sp³-hybridized carbons (Fsp3) is 0.364. The number of carbonyl (C=O) groups is 2. The van der Waals surface area contributed by atoms with Crippen molar-refractivity contribution >= 4 is 11.7 Å². The molecule has 0 bridgehead atoms. The highest BCUT2D eigenvalue weighted by Gasteiger charge is 2.06. The Bertz CT molecular complexity index is 706. The van der Waals surface area contributed by atoms with Crippen molar-refractivity contribution in [2.75, 3.05) is 6.54 Å². The average Bonchev–Trinajstić information content (AvgIpc) is 2.65. The zero-order chi connectivity index (χ0) is 18.8. The van der Waals surface area contributed by atoms with Gasteiger partial charge in [0, 0.05) is 24.9 Å². The molecule has 0 aliphatic heterocycles. The summed E-state index contributed by atoms with van der Waals surface area (Å²) in [6.07, 6.45) is 4.00. The lowest BCUT2D eigenvalue weighted by molar-refractivity contribution is -0.118. The van der Waals surface area contributed by atoms with Crippen molar-refractivity contribution in [2.24, 2.45) is 5.73 Å². The van der Waals surface area contributed by atoms with E-state index in [1.54, 1.807) is 0 Å². The third-order valence-electron chi connectivity index (χ3n) is 4.35. The first kappa shape index (κ1) is 19.9. The standard InChI is InChI=1S/C22H28N2O2/c1-17-6-12-20(13-7-17)22(26)24-16-19-10-8-18(9-11-19)15-21(25)5-3-2-4-14-23/h6-13H,2-5,14-16,23H2,1H3,(H,24,26). The van der Waals surface area contributed by atoms with Crippen LogP contribution >= 0.6 is 0 Å². The van der Waals surface area contributed by atoms with Crippen LogP contribution in [0.3, 0.4) is 0 Å². The van der Waals surface area contributed by atoms with Gasteiger partial charge in [-0.05, 0) is 49.6 Å². The average molecular weight is 352 g/mol. The second kappa shape index (κ2) is 10.5. The molecule has 2 aromatic rings. The summed E-state index contributed by atoms with van der Waals surface area (Å²) in [6.45, 7) is 3.16. The molecule has 0 fully saturated rings. The summed E-state index contributed by atoms with van der Waals surface area (Å²) >= 11 is 0. The highest BCUT2D eigenvalue weighted by Crippen LogP contribution is 2.09. The Kier molecular flexibility index (Phi) is 8.03. The van der Waals surface area contributed by atoms with Crippen LogP contribution in [-0.4, -0.2) is 18.2 Å². The predicted octanol–water partition coefficient (Wildman–Crippen LogP) is 3.56. The lowest BCUT2D eigenvalue weighted by Crippen LogP contribution is -2.22. The van der Waals surface area contributed by atoms with E-state index in [1.807, 2.05) is 55.5 Å². The summed E-state index contributed by atoms with van der Waals surface area (Å²) < 4.78 is 0. The molecule has 0 spiro atoms. The molecule has 26 heavy (non-hydrogen) atoms. The molecule has 1 amide bonds. The predicted molar refractivity (Wildman–Crippen MR) is 105 cm³/mol. The van der Waals surface area contributed by atoms with Gasteiger partial charge in [0.1, 0.15) is 5.78 Å². The van der Waals surface area contributed by atoms with Gasteiger partial charge < -0.3 is 11.1 Å². The van der Waals surface area contributed by atoms with E-state index in [0.29, 0.717) is 31.5 Å². The van der Waals surface area contributed by atoms with Gasteiger partial charge in [0.2, 0.25) is 0 Å².